The van der Waals surface area contributed by atoms with E-state index in [4.69, 9.17) is 10.5 Å². The normalized spacial score (nSPS) is 13.2. The number of primary amides is 1. The first kappa shape index (κ1) is 19.8. The SMILES string of the molecule is C[C@H](CCc1ccc(C(N)=O)cc1)NC[C@@H](O)COc1cccc(O)c1. The first-order chi connectivity index (χ1) is 12.4. The molecule has 2 aromatic rings. The number of carbonyl (C=O) groups is 1. The molecule has 2 aromatic carbocycles. The van der Waals surface area contributed by atoms with Crippen molar-refractivity contribution in [3.05, 3.63) is 59.7 Å². The predicted octanol–water partition coefficient (Wildman–Crippen LogP) is 1.84. The maximum absolute atomic E-state index is 11.1. The first-order valence-corrected chi connectivity index (χ1v) is 8.66. The van der Waals surface area contributed by atoms with Crippen LogP contribution in [0.25, 0.3) is 0 Å². The van der Waals surface area contributed by atoms with Gasteiger partial charge in [-0.2, -0.15) is 0 Å². The van der Waals surface area contributed by atoms with Crippen LogP contribution in [0, 0.1) is 0 Å². The lowest BCUT2D eigenvalue weighted by Crippen LogP contribution is -2.36. The van der Waals surface area contributed by atoms with Gasteiger partial charge >= 0.3 is 0 Å². The van der Waals surface area contributed by atoms with Crippen molar-refractivity contribution < 1.29 is 19.7 Å². The molecule has 5 N–H and O–H groups in total. The number of aliphatic hydroxyl groups is 1. The number of hydrogen-bond acceptors (Lipinski definition) is 5. The van der Waals surface area contributed by atoms with Crippen molar-refractivity contribution in [3.63, 3.8) is 0 Å². The number of aryl methyl sites for hydroxylation is 1. The molecule has 0 aliphatic rings. The number of nitrogens with two attached hydrogens (primary N) is 1. The summed E-state index contributed by atoms with van der Waals surface area (Å²) in [5.74, 6) is 0.234. The molecular weight excluding hydrogens is 332 g/mol. The molecule has 6 heteroatoms. The highest BCUT2D eigenvalue weighted by atomic mass is 16.5. The molecule has 1 amide bonds. The van der Waals surface area contributed by atoms with Crippen LogP contribution in [0.15, 0.2) is 48.5 Å². The van der Waals surface area contributed by atoms with Crippen LogP contribution in [-0.4, -0.2) is 41.4 Å². The Morgan fingerprint density at radius 2 is 1.96 bits per heavy atom. The summed E-state index contributed by atoms with van der Waals surface area (Å²) in [4.78, 5) is 11.1. The van der Waals surface area contributed by atoms with E-state index in [9.17, 15) is 15.0 Å². The molecule has 2 atom stereocenters. The minimum Gasteiger partial charge on any atom is -0.508 e. The fraction of sp³-hybridized carbons (Fsp3) is 0.350. The van der Waals surface area contributed by atoms with E-state index in [2.05, 4.69) is 12.2 Å². The number of aromatic hydroxyl groups is 1. The van der Waals surface area contributed by atoms with Gasteiger partial charge in [0.15, 0.2) is 0 Å². The molecule has 0 saturated heterocycles. The van der Waals surface area contributed by atoms with Crippen LogP contribution < -0.4 is 15.8 Å². The monoisotopic (exact) mass is 358 g/mol. The third kappa shape index (κ3) is 6.74. The van der Waals surface area contributed by atoms with E-state index in [-0.39, 0.29) is 18.4 Å². The van der Waals surface area contributed by atoms with Gasteiger partial charge in [0.1, 0.15) is 24.2 Å². The van der Waals surface area contributed by atoms with Crippen LogP contribution in [0.1, 0.15) is 29.3 Å². The van der Waals surface area contributed by atoms with Crippen LogP contribution in [0.4, 0.5) is 0 Å². The van der Waals surface area contributed by atoms with E-state index < -0.39 is 12.0 Å². The Balaban J connectivity index is 1.66. The number of benzene rings is 2. The Bertz CT molecular complexity index is 703. The Kier molecular flexibility index (Phi) is 7.44. The smallest absolute Gasteiger partial charge is 0.248 e. The Hall–Kier alpha value is -2.57. The third-order valence-corrected chi connectivity index (χ3v) is 4.07. The van der Waals surface area contributed by atoms with Gasteiger partial charge < -0.3 is 26.0 Å². The van der Waals surface area contributed by atoms with Gasteiger partial charge in [0.25, 0.3) is 0 Å². The number of carbonyl (C=O) groups excluding carboxylic acids is 1. The van der Waals surface area contributed by atoms with Gasteiger partial charge in [0.2, 0.25) is 5.91 Å². The molecular formula is C20H26N2O4. The van der Waals surface area contributed by atoms with E-state index >= 15 is 0 Å². The first-order valence-electron chi connectivity index (χ1n) is 8.66. The molecule has 0 aliphatic carbocycles. The maximum atomic E-state index is 11.1. The van der Waals surface area contributed by atoms with Crippen LogP contribution in [-0.2, 0) is 6.42 Å². The molecule has 0 aliphatic heterocycles. The van der Waals surface area contributed by atoms with Gasteiger partial charge in [-0.15, -0.1) is 0 Å². The van der Waals surface area contributed by atoms with E-state index in [1.54, 1.807) is 30.3 Å². The van der Waals surface area contributed by atoms with Crippen molar-refractivity contribution in [2.75, 3.05) is 13.2 Å². The summed E-state index contributed by atoms with van der Waals surface area (Å²) in [7, 11) is 0. The van der Waals surface area contributed by atoms with Gasteiger partial charge in [-0.25, -0.2) is 0 Å². The van der Waals surface area contributed by atoms with Crippen molar-refractivity contribution in [2.24, 2.45) is 5.73 Å². The molecule has 0 saturated carbocycles. The van der Waals surface area contributed by atoms with Crippen molar-refractivity contribution in [1.82, 2.24) is 5.32 Å². The number of nitrogens with one attached hydrogen (secondary N) is 1. The molecule has 140 valence electrons. The van der Waals surface area contributed by atoms with E-state index in [0.29, 0.717) is 17.9 Å². The molecule has 2 rings (SSSR count). The van der Waals surface area contributed by atoms with Crippen LogP contribution in [0.5, 0.6) is 11.5 Å². The number of ether oxygens (including phenoxy) is 1. The second kappa shape index (κ2) is 9.79. The summed E-state index contributed by atoms with van der Waals surface area (Å²) in [6, 6.07) is 14.0. The summed E-state index contributed by atoms with van der Waals surface area (Å²) in [5.41, 5.74) is 6.87. The second-order valence-corrected chi connectivity index (χ2v) is 6.37. The lowest BCUT2D eigenvalue weighted by molar-refractivity contribution is 0.1000. The zero-order valence-corrected chi connectivity index (χ0v) is 14.9. The summed E-state index contributed by atoms with van der Waals surface area (Å²) in [6.45, 7) is 2.62. The van der Waals surface area contributed by atoms with Crippen LogP contribution >= 0.6 is 0 Å². The Labute approximate surface area is 153 Å². The molecule has 0 spiro atoms. The van der Waals surface area contributed by atoms with Crippen LogP contribution in [0.3, 0.4) is 0 Å². The zero-order valence-electron chi connectivity index (χ0n) is 14.9. The lowest BCUT2D eigenvalue weighted by Gasteiger charge is -2.18. The molecule has 0 heterocycles. The van der Waals surface area contributed by atoms with Gasteiger partial charge in [0, 0.05) is 24.2 Å². The highest BCUT2D eigenvalue weighted by Gasteiger charge is 2.09. The summed E-state index contributed by atoms with van der Waals surface area (Å²) < 4.78 is 5.45. The molecule has 26 heavy (non-hydrogen) atoms. The van der Waals surface area contributed by atoms with Crippen molar-refractivity contribution in [2.45, 2.75) is 31.9 Å². The number of phenolic OH excluding ortho intramolecular Hbond substituents is 1. The van der Waals surface area contributed by atoms with Crippen molar-refractivity contribution in [3.8, 4) is 11.5 Å². The third-order valence-electron chi connectivity index (χ3n) is 4.07. The maximum Gasteiger partial charge on any atom is 0.248 e. The largest absolute Gasteiger partial charge is 0.508 e. The fourth-order valence-electron chi connectivity index (χ4n) is 2.48. The number of aliphatic hydroxyl groups excluding tert-OH is 1. The summed E-state index contributed by atoms with van der Waals surface area (Å²) in [6.07, 6.45) is 1.12. The molecule has 0 radical (unpaired) electrons. The fourth-order valence-corrected chi connectivity index (χ4v) is 2.48. The standard InChI is InChI=1S/C20H26N2O4/c1-14(5-6-15-7-9-16(10-8-15)20(21)25)22-12-18(24)13-26-19-4-2-3-17(23)11-19/h2-4,7-11,14,18,22-24H,5-6,12-13H2,1H3,(H2,21,25)/t14-,18-/m1/s1. The molecule has 6 nitrogen and oxygen atoms in total. The van der Waals surface area contributed by atoms with Gasteiger partial charge in [-0.1, -0.05) is 18.2 Å². The van der Waals surface area contributed by atoms with E-state index in [0.717, 1.165) is 18.4 Å². The molecule has 0 unspecified atom stereocenters. The lowest BCUT2D eigenvalue weighted by atomic mass is 10.0. The zero-order chi connectivity index (χ0) is 18.9. The number of hydrogen-bond donors (Lipinski definition) is 4. The molecule has 0 fully saturated rings. The average Bonchev–Trinajstić information content (AvgIpc) is 2.63. The average molecular weight is 358 g/mol. The Morgan fingerprint density at radius 1 is 1.23 bits per heavy atom. The minimum absolute atomic E-state index is 0.132. The Morgan fingerprint density at radius 3 is 2.62 bits per heavy atom. The highest BCUT2D eigenvalue weighted by Crippen LogP contribution is 2.17. The van der Waals surface area contributed by atoms with Gasteiger partial charge in [-0.3, -0.25) is 4.79 Å². The van der Waals surface area contributed by atoms with E-state index in [1.807, 2.05) is 12.1 Å². The van der Waals surface area contributed by atoms with Gasteiger partial charge in [-0.05, 0) is 49.6 Å². The second-order valence-electron chi connectivity index (χ2n) is 6.37. The quantitative estimate of drug-likeness (QED) is 0.519. The topological polar surface area (TPSA) is 105 Å². The van der Waals surface area contributed by atoms with E-state index in [1.165, 1.54) is 6.07 Å². The summed E-state index contributed by atoms with van der Waals surface area (Å²) in [5, 5.41) is 22.7. The van der Waals surface area contributed by atoms with Crippen molar-refractivity contribution in [1.29, 1.82) is 0 Å². The molecule has 0 bridgehead atoms. The number of amides is 1. The number of phenols is 1. The number of rotatable bonds is 10. The highest BCUT2D eigenvalue weighted by molar-refractivity contribution is 5.92. The van der Waals surface area contributed by atoms with Gasteiger partial charge in [0.05, 0.1) is 0 Å². The van der Waals surface area contributed by atoms with Crippen LogP contribution in [0.2, 0.25) is 0 Å². The molecule has 0 aromatic heterocycles. The summed E-state index contributed by atoms with van der Waals surface area (Å²) >= 11 is 0. The predicted molar refractivity (Wildman–Crippen MR) is 100 cm³/mol. The van der Waals surface area contributed by atoms with Crippen molar-refractivity contribution >= 4 is 5.91 Å². The minimum atomic E-state index is -0.644.